The first-order valence-electron chi connectivity index (χ1n) is 6.47. The van der Waals surface area contributed by atoms with E-state index in [2.05, 4.69) is 0 Å². The van der Waals surface area contributed by atoms with Crippen LogP contribution in [0.4, 0.5) is 4.39 Å². The number of aromatic hydroxyl groups is 1. The Morgan fingerprint density at radius 3 is 2.77 bits per heavy atom. The van der Waals surface area contributed by atoms with E-state index >= 15 is 0 Å². The van der Waals surface area contributed by atoms with Gasteiger partial charge < -0.3 is 9.52 Å². The number of hydrogen-bond donors (Lipinski definition) is 1. The molecule has 1 heterocycles. The second-order valence-electron chi connectivity index (χ2n) is 4.89. The smallest absolute Gasteiger partial charge is 0.203 e. The second kappa shape index (κ2) is 5.01. The van der Waals surface area contributed by atoms with Gasteiger partial charge in [0.2, 0.25) is 5.43 Å². The Morgan fingerprint density at radius 2 is 2.05 bits per heavy atom. The summed E-state index contributed by atoms with van der Waals surface area (Å²) in [4.78, 5) is 12.5. The molecule has 0 aliphatic rings. The molecule has 0 unspecified atom stereocenters. The summed E-state index contributed by atoms with van der Waals surface area (Å²) in [7, 11) is 0. The van der Waals surface area contributed by atoms with Gasteiger partial charge in [0, 0.05) is 0 Å². The lowest BCUT2D eigenvalue weighted by atomic mass is 10.0. The van der Waals surface area contributed by atoms with Gasteiger partial charge in [-0.3, -0.25) is 4.79 Å². The molecule has 0 aliphatic heterocycles. The molecule has 0 saturated carbocycles. The zero-order chi connectivity index (χ0) is 15.9. The molecule has 4 nitrogen and oxygen atoms in total. The Balaban J connectivity index is 2.34. The molecule has 1 N–H and O–H groups in total. The van der Waals surface area contributed by atoms with Crippen LogP contribution in [-0.4, -0.2) is 5.11 Å². The molecule has 0 radical (unpaired) electrons. The first-order chi connectivity index (χ1) is 10.5. The molecule has 0 bridgehead atoms. The van der Waals surface area contributed by atoms with E-state index < -0.39 is 11.2 Å². The molecule has 0 aliphatic carbocycles. The number of phenolic OH excluding ortho intramolecular Hbond substituents is 1. The van der Waals surface area contributed by atoms with Crippen LogP contribution in [0.1, 0.15) is 11.1 Å². The Bertz CT molecular complexity index is 999. The molecule has 0 spiro atoms. The van der Waals surface area contributed by atoms with Gasteiger partial charge in [0.1, 0.15) is 34.9 Å². The Hall–Kier alpha value is -3.13. The molecule has 1 aromatic heterocycles. The molecule has 0 saturated heterocycles. The van der Waals surface area contributed by atoms with Crippen LogP contribution in [-0.2, 0) is 0 Å². The number of benzene rings is 2. The van der Waals surface area contributed by atoms with E-state index in [0.29, 0.717) is 11.1 Å². The van der Waals surface area contributed by atoms with Crippen molar-refractivity contribution in [3.63, 3.8) is 0 Å². The molecule has 5 heteroatoms. The number of hydrogen-bond acceptors (Lipinski definition) is 4. The van der Waals surface area contributed by atoms with Gasteiger partial charge in [0.05, 0.1) is 11.1 Å². The molecule has 0 fully saturated rings. The third kappa shape index (κ3) is 2.02. The summed E-state index contributed by atoms with van der Waals surface area (Å²) in [5.41, 5.74) is 0.537. The quantitative estimate of drug-likeness (QED) is 0.745. The van der Waals surface area contributed by atoms with Gasteiger partial charge in [-0.2, -0.15) is 5.26 Å². The Morgan fingerprint density at radius 1 is 1.27 bits per heavy atom. The van der Waals surface area contributed by atoms with Crippen molar-refractivity contribution >= 4 is 11.0 Å². The molecule has 0 atom stereocenters. The summed E-state index contributed by atoms with van der Waals surface area (Å²) in [6.45, 7) is 1.56. The number of nitriles is 1. The van der Waals surface area contributed by atoms with E-state index in [1.807, 2.05) is 6.07 Å². The van der Waals surface area contributed by atoms with Crippen LogP contribution in [0, 0.1) is 24.1 Å². The van der Waals surface area contributed by atoms with Gasteiger partial charge in [-0.05, 0) is 36.2 Å². The third-order valence-electron chi connectivity index (χ3n) is 3.50. The fourth-order valence-corrected chi connectivity index (χ4v) is 2.28. The van der Waals surface area contributed by atoms with E-state index in [1.165, 1.54) is 36.6 Å². The van der Waals surface area contributed by atoms with E-state index in [4.69, 9.17) is 9.68 Å². The number of aryl methyl sites for hydroxylation is 1. The lowest BCUT2D eigenvalue weighted by Crippen LogP contribution is -2.07. The summed E-state index contributed by atoms with van der Waals surface area (Å²) >= 11 is 0. The van der Waals surface area contributed by atoms with Gasteiger partial charge >= 0.3 is 0 Å². The third-order valence-corrected chi connectivity index (χ3v) is 3.50. The highest BCUT2D eigenvalue weighted by Crippen LogP contribution is 2.26. The molecule has 3 aromatic rings. The van der Waals surface area contributed by atoms with Crippen LogP contribution in [0.5, 0.6) is 5.75 Å². The minimum absolute atomic E-state index is 0.0294. The van der Waals surface area contributed by atoms with Crippen molar-refractivity contribution in [2.75, 3.05) is 0 Å². The fourth-order valence-electron chi connectivity index (χ4n) is 2.28. The summed E-state index contributed by atoms with van der Waals surface area (Å²) < 4.78 is 19.5. The van der Waals surface area contributed by atoms with Crippen LogP contribution in [0.25, 0.3) is 22.1 Å². The molecule has 3 rings (SSSR count). The first kappa shape index (κ1) is 13.8. The lowest BCUT2D eigenvalue weighted by molar-refractivity contribution is 0.473. The van der Waals surface area contributed by atoms with Crippen molar-refractivity contribution < 1.29 is 13.9 Å². The highest BCUT2D eigenvalue weighted by molar-refractivity contribution is 5.83. The molecule has 0 amide bonds. The molecule has 2 aromatic carbocycles. The van der Waals surface area contributed by atoms with Crippen LogP contribution in [0.2, 0.25) is 0 Å². The maximum absolute atomic E-state index is 14.2. The normalized spacial score (nSPS) is 10.6. The van der Waals surface area contributed by atoms with Gasteiger partial charge in [0.25, 0.3) is 0 Å². The van der Waals surface area contributed by atoms with Crippen LogP contribution < -0.4 is 5.43 Å². The largest absolute Gasteiger partial charge is 0.507 e. The molecule has 22 heavy (non-hydrogen) atoms. The predicted octanol–water partition coefficient (Wildman–Crippen LogP) is 3.48. The SMILES string of the molecule is Cc1ccc2occ(-c3ccc(O)c(C#N)c3)c(=O)c2c1F. The standard InChI is InChI=1S/C17H10FNO3/c1-9-2-5-14-15(16(9)18)17(21)12(8-22-14)10-3-4-13(20)11(6-10)7-19/h2-6,8,20H,1H3. The van der Waals surface area contributed by atoms with Crippen molar-refractivity contribution in [2.45, 2.75) is 6.92 Å². The summed E-state index contributed by atoms with van der Waals surface area (Å²) in [6.07, 6.45) is 1.23. The fraction of sp³-hybridized carbons (Fsp3) is 0.0588. The molecular formula is C17H10FNO3. The lowest BCUT2D eigenvalue weighted by Gasteiger charge is -2.06. The van der Waals surface area contributed by atoms with Crippen molar-refractivity contribution in [1.29, 1.82) is 5.26 Å². The van der Waals surface area contributed by atoms with Crippen molar-refractivity contribution in [1.82, 2.24) is 0 Å². The second-order valence-corrected chi connectivity index (χ2v) is 4.89. The first-order valence-corrected chi connectivity index (χ1v) is 6.47. The number of rotatable bonds is 1. The van der Waals surface area contributed by atoms with Crippen molar-refractivity contribution in [3.8, 4) is 22.9 Å². The zero-order valence-electron chi connectivity index (χ0n) is 11.6. The van der Waals surface area contributed by atoms with E-state index in [0.717, 1.165) is 0 Å². The highest BCUT2D eigenvalue weighted by Gasteiger charge is 2.15. The van der Waals surface area contributed by atoms with Crippen LogP contribution in [0.15, 0.2) is 45.8 Å². The van der Waals surface area contributed by atoms with Gasteiger partial charge in [-0.25, -0.2) is 4.39 Å². The van der Waals surface area contributed by atoms with Gasteiger partial charge in [-0.1, -0.05) is 12.1 Å². The summed E-state index contributed by atoms with van der Waals surface area (Å²) in [5.74, 6) is -0.800. The zero-order valence-corrected chi connectivity index (χ0v) is 11.6. The van der Waals surface area contributed by atoms with Crippen molar-refractivity contribution in [3.05, 3.63) is 63.8 Å². The number of nitrogens with zero attached hydrogens (tertiary/aromatic N) is 1. The summed E-state index contributed by atoms with van der Waals surface area (Å²) in [5, 5.41) is 18.3. The average Bonchev–Trinajstić information content (AvgIpc) is 2.52. The predicted molar refractivity (Wildman–Crippen MR) is 79.0 cm³/mol. The Kier molecular flexibility index (Phi) is 3.15. The minimum Gasteiger partial charge on any atom is -0.507 e. The monoisotopic (exact) mass is 295 g/mol. The number of halogens is 1. The minimum atomic E-state index is -0.618. The van der Waals surface area contributed by atoms with E-state index in [1.54, 1.807) is 6.92 Å². The van der Waals surface area contributed by atoms with E-state index in [-0.39, 0.29) is 27.8 Å². The summed E-state index contributed by atoms with van der Waals surface area (Å²) in [6, 6.07) is 9.05. The number of fused-ring (bicyclic) bond motifs is 1. The maximum atomic E-state index is 14.2. The van der Waals surface area contributed by atoms with Crippen LogP contribution >= 0.6 is 0 Å². The van der Waals surface area contributed by atoms with E-state index in [9.17, 15) is 14.3 Å². The average molecular weight is 295 g/mol. The van der Waals surface area contributed by atoms with Gasteiger partial charge in [-0.15, -0.1) is 0 Å². The highest BCUT2D eigenvalue weighted by atomic mass is 19.1. The van der Waals surface area contributed by atoms with Crippen molar-refractivity contribution in [2.24, 2.45) is 0 Å². The molecular weight excluding hydrogens is 285 g/mol. The maximum Gasteiger partial charge on any atom is 0.203 e. The number of phenols is 1. The topological polar surface area (TPSA) is 74.2 Å². The van der Waals surface area contributed by atoms with Gasteiger partial charge in [0.15, 0.2) is 0 Å². The molecule has 108 valence electrons. The Labute approximate surface area is 124 Å². The van der Waals surface area contributed by atoms with Crippen LogP contribution in [0.3, 0.4) is 0 Å².